The average Bonchev–Trinajstić information content (AvgIpc) is 3.30. The van der Waals surface area contributed by atoms with Gasteiger partial charge in [0.15, 0.2) is 0 Å². The number of carbonyl (C=O) groups is 3. The number of carbonyl (C=O) groups excluding carboxylic acids is 2. The first kappa shape index (κ1) is 23.7. The van der Waals surface area contributed by atoms with E-state index in [0.717, 1.165) is 17.5 Å². The first-order valence-electron chi connectivity index (χ1n) is 11.1. The van der Waals surface area contributed by atoms with E-state index >= 15 is 0 Å². The summed E-state index contributed by atoms with van der Waals surface area (Å²) >= 11 is 1.53. The standard InChI is InChI=1S/C23H30N4O5S/c1-10-19-18(11(2)28)22(30)27(19)20(23(31)32)21(10)33-14-7-16(26-9-14)13-5-3-12(4-6-13)15(24)8-17(25)29/h3-6,10-11,14-16,18-19,26,28H,7-9,24H2,1-2H3,(H2,25,29)(H,31,32)/t10-,11-,14?,15+,16-,18-,19-/m1/s1. The number of aliphatic carboxylic acids is 1. The minimum absolute atomic E-state index is 0.0654. The third-order valence-corrected chi connectivity index (χ3v) is 8.39. The van der Waals surface area contributed by atoms with E-state index in [9.17, 15) is 24.6 Å². The molecule has 0 spiro atoms. The van der Waals surface area contributed by atoms with Crippen molar-refractivity contribution < 1.29 is 24.6 Å². The van der Waals surface area contributed by atoms with Crippen LogP contribution in [0.25, 0.3) is 0 Å². The lowest BCUT2D eigenvalue weighted by Crippen LogP contribution is -2.63. The average molecular weight is 475 g/mol. The maximum Gasteiger partial charge on any atom is 0.353 e. The molecule has 7 atom stereocenters. The number of amides is 2. The van der Waals surface area contributed by atoms with Crippen molar-refractivity contribution >= 4 is 29.5 Å². The lowest BCUT2D eigenvalue weighted by Gasteiger charge is -2.46. The summed E-state index contributed by atoms with van der Waals surface area (Å²) < 4.78 is 0. The van der Waals surface area contributed by atoms with Crippen molar-refractivity contribution in [1.82, 2.24) is 10.2 Å². The van der Waals surface area contributed by atoms with Gasteiger partial charge in [-0.2, -0.15) is 0 Å². The third-order valence-electron chi connectivity index (χ3n) is 6.88. The minimum Gasteiger partial charge on any atom is -0.477 e. The van der Waals surface area contributed by atoms with E-state index in [2.05, 4.69) is 5.32 Å². The Hall–Kier alpha value is -2.40. The number of aliphatic hydroxyl groups is 1. The van der Waals surface area contributed by atoms with Crippen LogP contribution in [-0.2, 0) is 14.4 Å². The number of carboxylic acids is 1. The fraction of sp³-hybridized carbons (Fsp3) is 0.522. The Balaban J connectivity index is 1.44. The molecule has 0 saturated carbocycles. The van der Waals surface area contributed by atoms with Crippen molar-refractivity contribution in [3.63, 3.8) is 0 Å². The van der Waals surface area contributed by atoms with Gasteiger partial charge in [0, 0.05) is 41.1 Å². The molecule has 33 heavy (non-hydrogen) atoms. The molecule has 2 saturated heterocycles. The zero-order valence-electron chi connectivity index (χ0n) is 18.6. The summed E-state index contributed by atoms with van der Waals surface area (Å²) in [6.45, 7) is 4.22. The Bertz CT molecular complexity index is 995. The van der Waals surface area contributed by atoms with Crippen LogP contribution < -0.4 is 16.8 Å². The van der Waals surface area contributed by atoms with Gasteiger partial charge in [0.1, 0.15) is 5.70 Å². The molecule has 2 fully saturated rings. The zero-order valence-corrected chi connectivity index (χ0v) is 19.4. The topological polar surface area (TPSA) is 159 Å². The number of β-lactam (4-membered cyclic amide) rings is 1. The van der Waals surface area contributed by atoms with E-state index in [1.807, 2.05) is 31.2 Å². The normalized spacial score (nSPS) is 30.7. The summed E-state index contributed by atoms with van der Waals surface area (Å²) in [5.41, 5.74) is 13.2. The molecule has 3 aliphatic heterocycles. The number of aliphatic hydroxyl groups excluding tert-OH is 1. The fourth-order valence-electron chi connectivity index (χ4n) is 5.22. The molecule has 0 aliphatic carbocycles. The van der Waals surface area contributed by atoms with Crippen LogP contribution >= 0.6 is 11.8 Å². The summed E-state index contributed by atoms with van der Waals surface area (Å²) in [4.78, 5) is 37.7. The second kappa shape index (κ2) is 9.09. The summed E-state index contributed by atoms with van der Waals surface area (Å²) in [6, 6.07) is 7.16. The van der Waals surface area contributed by atoms with E-state index in [-0.39, 0.29) is 41.3 Å². The molecule has 3 heterocycles. The van der Waals surface area contributed by atoms with Crippen molar-refractivity contribution in [3.05, 3.63) is 46.0 Å². The van der Waals surface area contributed by atoms with Gasteiger partial charge in [-0.25, -0.2) is 4.79 Å². The molecule has 1 unspecified atom stereocenters. The number of carboxylic acid groups (broad SMARTS) is 1. The van der Waals surface area contributed by atoms with E-state index < -0.39 is 29.9 Å². The zero-order chi connectivity index (χ0) is 24.0. The van der Waals surface area contributed by atoms with Crippen LogP contribution in [0.2, 0.25) is 0 Å². The number of primary amides is 1. The SMILES string of the molecule is C[C@@H](O)[C@H]1C(=O)N2C(C(=O)O)=C(SC3CN[C@@H](c4ccc([C@@H](N)CC(N)=O)cc4)C3)[C@H](C)[C@H]12. The second-order valence-electron chi connectivity index (χ2n) is 9.15. The van der Waals surface area contributed by atoms with Crippen LogP contribution in [0.15, 0.2) is 34.9 Å². The molecule has 0 aromatic heterocycles. The van der Waals surface area contributed by atoms with Crippen LogP contribution in [0.4, 0.5) is 0 Å². The Morgan fingerprint density at radius 1 is 1.30 bits per heavy atom. The molecular formula is C23H30N4O5S. The molecule has 1 aromatic rings. The van der Waals surface area contributed by atoms with Gasteiger partial charge in [-0.05, 0) is 24.5 Å². The van der Waals surface area contributed by atoms with Gasteiger partial charge in [0.25, 0.3) is 0 Å². The summed E-state index contributed by atoms with van der Waals surface area (Å²) in [7, 11) is 0. The predicted molar refractivity (Wildman–Crippen MR) is 124 cm³/mol. The molecule has 4 rings (SSSR count). The summed E-state index contributed by atoms with van der Waals surface area (Å²) in [6.07, 6.45) is 0.0890. The Kier molecular flexibility index (Phi) is 6.54. The van der Waals surface area contributed by atoms with Gasteiger partial charge < -0.3 is 31.9 Å². The Morgan fingerprint density at radius 2 is 1.97 bits per heavy atom. The maximum absolute atomic E-state index is 12.5. The quantitative estimate of drug-likeness (QED) is 0.347. The van der Waals surface area contributed by atoms with E-state index in [0.29, 0.717) is 11.4 Å². The molecule has 9 nitrogen and oxygen atoms in total. The van der Waals surface area contributed by atoms with Crippen LogP contribution in [0.3, 0.4) is 0 Å². The molecule has 2 amide bonds. The van der Waals surface area contributed by atoms with Crippen molar-refractivity contribution in [3.8, 4) is 0 Å². The van der Waals surface area contributed by atoms with Gasteiger partial charge in [0.2, 0.25) is 11.8 Å². The summed E-state index contributed by atoms with van der Waals surface area (Å²) in [5.74, 6) is -2.54. The number of fused-ring (bicyclic) bond motifs is 1. The molecule has 3 aliphatic rings. The molecule has 1 aromatic carbocycles. The first-order chi connectivity index (χ1) is 15.6. The van der Waals surface area contributed by atoms with Crippen LogP contribution in [-0.4, -0.2) is 56.8 Å². The lowest BCUT2D eigenvalue weighted by atomic mass is 9.79. The van der Waals surface area contributed by atoms with Gasteiger partial charge in [-0.1, -0.05) is 31.2 Å². The number of hydrogen-bond acceptors (Lipinski definition) is 7. The molecule has 178 valence electrons. The third kappa shape index (κ3) is 4.28. The first-order valence-corrected chi connectivity index (χ1v) is 12.0. The molecule has 0 radical (unpaired) electrons. The highest BCUT2D eigenvalue weighted by atomic mass is 32.2. The Labute approximate surface area is 196 Å². The minimum atomic E-state index is -1.10. The van der Waals surface area contributed by atoms with E-state index in [1.54, 1.807) is 6.92 Å². The van der Waals surface area contributed by atoms with Crippen molar-refractivity contribution in [2.45, 2.75) is 56.2 Å². The van der Waals surface area contributed by atoms with Gasteiger partial charge in [0.05, 0.1) is 18.1 Å². The lowest BCUT2D eigenvalue weighted by molar-refractivity contribution is -0.163. The number of hydrogen-bond donors (Lipinski definition) is 5. The van der Waals surface area contributed by atoms with Gasteiger partial charge in [-0.15, -0.1) is 11.8 Å². The van der Waals surface area contributed by atoms with E-state index in [1.165, 1.54) is 16.7 Å². The number of nitrogens with one attached hydrogen (secondary N) is 1. The molecule has 10 heteroatoms. The molecule has 7 N–H and O–H groups in total. The van der Waals surface area contributed by atoms with Crippen LogP contribution in [0.1, 0.15) is 49.9 Å². The van der Waals surface area contributed by atoms with Crippen molar-refractivity contribution in [2.24, 2.45) is 23.3 Å². The molecular weight excluding hydrogens is 444 g/mol. The monoisotopic (exact) mass is 474 g/mol. The smallest absolute Gasteiger partial charge is 0.353 e. The fourth-order valence-corrected chi connectivity index (χ4v) is 6.69. The number of nitrogens with zero attached hydrogens (tertiary/aromatic N) is 1. The number of nitrogens with two attached hydrogens (primary N) is 2. The van der Waals surface area contributed by atoms with Crippen LogP contribution in [0, 0.1) is 11.8 Å². The van der Waals surface area contributed by atoms with Crippen molar-refractivity contribution in [1.29, 1.82) is 0 Å². The van der Waals surface area contributed by atoms with Gasteiger partial charge >= 0.3 is 5.97 Å². The number of thioether (sulfide) groups is 1. The highest BCUT2D eigenvalue weighted by molar-refractivity contribution is 8.03. The highest BCUT2D eigenvalue weighted by Crippen LogP contribution is 2.52. The van der Waals surface area contributed by atoms with E-state index in [4.69, 9.17) is 11.5 Å². The summed E-state index contributed by atoms with van der Waals surface area (Å²) in [5, 5.41) is 23.5. The number of rotatable bonds is 8. The highest BCUT2D eigenvalue weighted by Gasteiger charge is 2.60. The van der Waals surface area contributed by atoms with Crippen LogP contribution in [0.5, 0.6) is 0 Å². The number of benzene rings is 1. The molecule has 0 bridgehead atoms. The van der Waals surface area contributed by atoms with Gasteiger partial charge in [-0.3, -0.25) is 9.59 Å². The predicted octanol–water partition coefficient (Wildman–Crippen LogP) is 0.852. The Morgan fingerprint density at radius 3 is 2.55 bits per heavy atom. The van der Waals surface area contributed by atoms with Crippen molar-refractivity contribution in [2.75, 3.05) is 6.54 Å². The largest absolute Gasteiger partial charge is 0.477 e. The second-order valence-corrected chi connectivity index (χ2v) is 10.5. The maximum atomic E-state index is 12.5.